The summed E-state index contributed by atoms with van der Waals surface area (Å²) >= 11 is 1.33. The molecule has 1 heterocycles. The van der Waals surface area contributed by atoms with E-state index in [1.54, 1.807) is 0 Å². The normalized spacial score (nSPS) is 9.73. The molecule has 0 spiro atoms. The van der Waals surface area contributed by atoms with Crippen molar-refractivity contribution in [1.82, 2.24) is 9.97 Å². The molecule has 1 aromatic rings. The first kappa shape index (κ1) is 11.6. The zero-order valence-electron chi connectivity index (χ0n) is 8.39. The lowest BCUT2D eigenvalue weighted by Gasteiger charge is -2.04. The van der Waals surface area contributed by atoms with Gasteiger partial charge < -0.3 is 4.74 Å². The Bertz CT molecular complexity index is 382. The number of Topliss-reactive ketones (excluding diaryl/α,β-unsaturated/α-hetero) is 1. The minimum absolute atomic E-state index is 0.0359. The van der Waals surface area contributed by atoms with E-state index in [4.69, 9.17) is 0 Å². The molecule has 1 rings (SSSR count). The Kier molecular flexibility index (Phi) is 4.23. The summed E-state index contributed by atoms with van der Waals surface area (Å²) in [6, 6.07) is 0. The first-order chi connectivity index (χ1) is 7.17. The highest BCUT2D eigenvalue weighted by molar-refractivity contribution is 7.98. The maximum atomic E-state index is 10.9. The lowest BCUT2D eigenvalue weighted by Crippen LogP contribution is -2.04. The van der Waals surface area contributed by atoms with Gasteiger partial charge in [-0.1, -0.05) is 11.8 Å². The molecule has 0 aromatic carbocycles. The maximum Gasteiger partial charge on any atom is 0.299 e. The predicted octanol–water partition coefficient (Wildman–Crippen LogP) is 0.865. The number of hydrogen-bond acceptors (Lipinski definition) is 6. The number of rotatable bonds is 5. The molecule has 0 aliphatic heterocycles. The quantitative estimate of drug-likeness (QED) is 0.421. The third kappa shape index (κ3) is 3.32. The Balaban J connectivity index is 3.02. The van der Waals surface area contributed by atoms with E-state index >= 15 is 0 Å². The van der Waals surface area contributed by atoms with Crippen LogP contribution in [0.25, 0.3) is 0 Å². The van der Waals surface area contributed by atoms with Gasteiger partial charge >= 0.3 is 0 Å². The number of ketones is 1. The van der Waals surface area contributed by atoms with E-state index in [2.05, 4.69) is 14.7 Å². The zero-order valence-corrected chi connectivity index (χ0v) is 9.21. The Morgan fingerprint density at radius 1 is 1.67 bits per heavy atom. The van der Waals surface area contributed by atoms with Crippen LogP contribution in [0.4, 0.5) is 0 Å². The van der Waals surface area contributed by atoms with Crippen molar-refractivity contribution in [3.05, 3.63) is 11.8 Å². The van der Waals surface area contributed by atoms with Gasteiger partial charge in [0.2, 0.25) is 5.88 Å². The fourth-order valence-corrected chi connectivity index (χ4v) is 1.34. The topological polar surface area (TPSA) is 69.2 Å². The standard InChI is InChI=1S/C9H10N2O3S/c1-6(13)3-7-4-10-9(15-2)11-8(7)14-5-12/h4-5H,3H2,1-2H3. The van der Waals surface area contributed by atoms with Crippen LogP contribution < -0.4 is 4.74 Å². The second kappa shape index (κ2) is 5.45. The Morgan fingerprint density at radius 2 is 2.40 bits per heavy atom. The molecule has 1 aromatic heterocycles. The molecule has 0 aliphatic rings. The second-order valence-corrected chi connectivity index (χ2v) is 3.55. The molecule has 15 heavy (non-hydrogen) atoms. The number of thioether (sulfide) groups is 1. The number of hydrogen-bond donors (Lipinski definition) is 0. The van der Waals surface area contributed by atoms with Gasteiger partial charge in [-0.15, -0.1) is 0 Å². The minimum Gasteiger partial charge on any atom is -0.409 e. The fraction of sp³-hybridized carbons (Fsp3) is 0.333. The van der Waals surface area contributed by atoms with Crippen molar-refractivity contribution in [3.8, 4) is 5.88 Å². The van der Waals surface area contributed by atoms with Crippen molar-refractivity contribution in [2.75, 3.05) is 6.26 Å². The molecule has 0 amide bonds. The van der Waals surface area contributed by atoms with Gasteiger partial charge in [-0.2, -0.15) is 4.98 Å². The van der Waals surface area contributed by atoms with E-state index in [0.29, 0.717) is 10.7 Å². The summed E-state index contributed by atoms with van der Waals surface area (Å²) in [5.41, 5.74) is 0.521. The number of carbonyl (C=O) groups is 2. The first-order valence-corrected chi connectivity index (χ1v) is 5.39. The molecular weight excluding hydrogens is 216 g/mol. The summed E-state index contributed by atoms with van der Waals surface area (Å²) in [6.07, 6.45) is 3.47. The molecule has 0 fully saturated rings. The minimum atomic E-state index is -0.0359. The number of nitrogens with zero attached hydrogens (tertiary/aromatic N) is 2. The molecule has 0 bridgehead atoms. The number of aromatic nitrogens is 2. The van der Waals surface area contributed by atoms with Crippen molar-refractivity contribution < 1.29 is 14.3 Å². The maximum absolute atomic E-state index is 10.9. The predicted molar refractivity (Wildman–Crippen MR) is 54.9 cm³/mol. The smallest absolute Gasteiger partial charge is 0.299 e. The van der Waals surface area contributed by atoms with Crippen LogP contribution in [0.2, 0.25) is 0 Å². The summed E-state index contributed by atoms with van der Waals surface area (Å²) in [5.74, 6) is 0.116. The lowest BCUT2D eigenvalue weighted by atomic mass is 10.2. The molecule has 80 valence electrons. The molecule has 0 radical (unpaired) electrons. The van der Waals surface area contributed by atoms with E-state index in [-0.39, 0.29) is 24.6 Å². The number of carbonyl (C=O) groups excluding carboxylic acids is 2. The first-order valence-electron chi connectivity index (χ1n) is 4.17. The van der Waals surface area contributed by atoms with Crippen LogP contribution in [0.1, 0.15) is 12.5 Å². The van der Waals surface area contributed by atoms with Crippen LogP contribution in [0, 0.1) is 0 Å². The summed E-state index contributed by atoms with van der Waals surface area (Å²) in [6.45, 7) is 1.74. The van der Waals surface area contributed by atoms with Gasteiger partial charge in [0.05, 0.1) is 0 Å². The van der Waals surface area contributed by atoms with E-state index in [0.717, 1.165) is 0 Å². The fourth-order valence-electron chi connectivity index (χ4n) is 1.01. The van der Waals surface area contributed by atoms with Gasteiger partial charge in [0.1, 0.15) is 5.78 Å². The van der Waals surface area contributed by atoms with E-state index in [1.165, 1.54) is 24.9 Å². The van der Waals surface area contributed by atoms with Crippen molar-refractivity contribution >= 4 is 24.0 Å². The van der Waals surface area contributed by atoms with E-state index in [9.17, 15) is 9.59 Å². The van der Waals surface area contributed by atoms with E-state index < -0.39 is 0 Å². The van der Waals surface area contributed by atoms with Gasteiger partial charge in [-0.3, -0.25) is 9.59 Å². The Labute approximate surface area is 91.3 Å². The summed E-state index contributed by atoms with van der Waals surface area (Å²) < 4.78 is 4.68. The van der Waals surface area contributed by atoms with Crippen LogP contribution >= 0.6 is 11.8 Å². The summed E-state index contributed by atoms with van der Waals surface area (Å²) in [5, 5.41) is 0.499. The molecule has 0 aliphatic carbocycles. The average molecular weight is 226 g/mol. The summed E-state index contributed by atoms with van der Waals surface area (Å²) in [4.78, 5) is 29.1. The highest BCUT2D eigenvalue weighted by atomic mass is 32.2. The third-order valence-corrected chi connectivity index (χ3v) is 2.15. The van der Waals surface area contributed by atoms with Crippen LogP contribution in [0.3, 0.4) is 0 Å². The molecule has 0 unspecified atom stereocenters. The van der Waals surface area contributed by atoms with Crippen LogP contribution in [-0.4, -0.2) is 28.5 Å². The Hall–Kier alpha value is -1.43. The van der Waals surface area contributed by atoms with Crippen molar-refractivity contribution in [1.29, 1.82) is 0 Å². The highest BCUT2D eigenvalue weighted by Gasteiger charge is 2.10. The molecule has 0 saturated carbocycles. The lowest BCUT2D eigenvalue weighted by molar-refractivity contribution is -0.121. The van der Waals surface area contributed by atoms with Gasteiger partial charge in [-0.25, -0.2) is 4.98 Å². The van der Waals surface area contributed by atoms with Crippen LogP contribution in [0.5, 0.6) is 5.88 Å². The molecule has 0 saturated heterocycles. The van der Waals surface area contributed by atoms with Crippen molar-refractivity contribution in [2.24, 2.45) is 0 Å². The van der Waals surface area contributed by atoms with Crippen LogP contribution in [0.15, 0.2) is 11.4 Å². The SMILES string of the molecule is CSc1ncc(CC(C)=O)c(OC=O)n1. The van der Waals surface area contributed by atoms with Gasteiger partial charge in [0.15, 0.2) is 5.16 Å². The highest BCUT2D eigenvalue weighted by Crippen LogP contribution is 2.18. The molecular formula is C9H10N2O3S. The molecule has 0 atom stereocenters. The average Bonchev–Trinajstić information content (AvgIpc) is 2.20. The van der Waals surface area contributed by atoms with Gasteiger partial charge in [0, 0.05) is 18.2 Å². The van der Waals surface area contributed by atoms with E-state index in [1.807, 2.05) is 6.26 Å². The number of ether oxygens (including phenoxy) is 1. The van der Waals surface area contributed by atoms with Gasteiger partial charge in [-0.05, 0) is 13.2 Å². The third-order valence-electron chi connectivity index (χ3n) is 1.58. The largest absolute Gasteiger partial charge is 0.409 e. The van der Waals surface area contributed by atoms with Crippen molar-refractivity contribution in [3.63, 3.8) is 0 Å². The Morgan fingerprint density at radius 3 is 2.93 bits per heavy atom. The monoisotopic (exact) mass is 226 g/mol. The van der Waals surface area contributed by atoms with Crippen LogP contribution in [-0.2, 0) is 16.0 Å². The molecule has 6 heteroatoms. The van der Waals surface area contributed by atoms with Crippen molar-refractivity contribution in [2.45, 2.75) is 18.5 Å². The van der Waals surface area contributed by atoms with Gasteiger partial charge in [0.25, 0.3) is 6.47 Å². The molecule has 5 nitrogen and oxygen atoms in total. The second-order valence-electron chi connectivity index (χ2n) is 2.78. The summed E-state index contributed by atoms with van der Waals surface area (Å²) in [7, 11) is 0. The zero-order chi connectivity index (χ0) is 11.3. The molecule has 0 N–H and O–H groups in total.